The Balaban J connectivity index is 2.14. The second-order valence-corrected chi connectivity index (χ2v) is 3.92. The van der Waals surface area contributed by atoms with Crippen LogP contribution in [0.15, 0.2) is 41.9 Å². The fourth-order valence-corrected chi connectivity index (χ4v) is 2.04. The van der Waals surface area contributed by atoms with E-state index in [9.17, 15) is 0 Å². The van der Waals surface area contributed by atoms with E-state index in [4.69, 9.17) is 0 Å². The summed E-state index contributed by atoms with van der Waals surface area (Å²) in [6.07, 6.45) is 1.81. The third-order valence-electron chi connectivity index (χ3n) is 2.34. The van der Waals surface area contributed by atoms with E-state index >= 15 is 0 Å². The van der Waals surface area contributed by atoms with Crippen LogP contribution >= 0.6 is 11.5 Å². The smallest absolute Gasteiger partial charge is 0.124 e. The normalized spacial score (nSPS) is 10.5. The summed E-state index contributed by atoms with van der Waals surface area (Å²) in [5, 5.41) is 13.0. The van der Waals surface area contributed by atoms with Gasteiger partial charge in [0.1, 0.15) is 5.69 Å². The predicted molar refractivity (Wildman–Crippen MR) is 62.9 cm³/mol. The molecule has 0 saturated heterocycles. The fraction of sp³-hybridized carbons (Fsp3) is 0. The van der Waals surface area contributed by atoms with Crippen molar-refractivity contribution in [2.45, 2.75) is 0 Å². The molecule has 3 rings (SSSR count). The minimum absolute atomic E-state index is 0.835. The Morgan fingerprint density at radius 2 is 2.00 bits per heavy atom. The maximum absolute atomic E-state index is 4.07. The van der Waals surface area contributed by atoms with Gasteiger partial charge in [0.15, 0.2) is 0 Å². The molecule has 1 N–H and O–H groups in total. The molecule has 0 radical (unpaired) electrons. The van der Waals surface area contributed by atoms with Gasteiger partial charge in [-0.3, -0.25) is 5.10 Å². The molecule has 5 heteroatoms. The van der Waals surface area contributed by atoms with Crippen molar-refractivity contribution < 1.29 is 0 Å². The molecule has 0 atom stereocenters. The van der Waals surface area contributed by atoms with Crippen molar-refractivity contribution >= 4 is 11.5 Å². The van der Waals surface area contributed by atoms with Gasteiger partial charge < -0.3 is 0 Å². The number of H-pyrrole nitrogens is 1. The van der Waals surface area contributed by atoms with Gasteiger partial charge in [0.2, 0.25) is 0 Å². The number of rotatable bonds is 2. The van der Waals surface area contributed by atoms with Crippen molar-refractivity contribution in [1.29, 1.82) is 0 Å². The van der Waals surface area contributed by atoms with Gasteiger partial charge >= 0.3 is 0 Å². The van der Waals surface area contributed by atoms with Gasteiger partial charge in [-0.15, -0.1) is 5.10 Å². The van der Waals surface area contributed by atoms with Crippen LogP contribution in [0.3, 0.4) is 0 Å². The first-order chi connectivity index (χ1) is 7.95. The van der Waals surface area contributed by atoms with Gasteiger partial charge in [-0.1, -0.05) is 34.8 Å². The van der Waals surface area contributed by atoms with E-state index in [-0.39, 0.29) is 0 Å². The van der Waals surface area contributed by atoms with Crippen molar-refractivity contribution in [1.82, 2.24) is 19.8 Å². The van der Waals surface area contributed by atoms with Gasteiger partial charge in [-0.25, -0.2) is 0 Å². The molecule has 0 fully saturated rings. The van der Waals surface area contributed by atoms with Crippen LogP contribution in [0.2, 0.25) is 0 Å². The number of aromatic amines is 1. The second-order valence-electron chi connectivity index (χ2n) is 3.31. The quantitative estimate of drug-likeness (QED) is 0.733. The van der Waals surface area contributed by atoms with Gasteiger partial charge in [0, 0.05) is 10.9 Å². The second kappa shape index (κ2) is 3.86. The van der Waals surface area contributed by atoms with Crippen molar-refractivity contribution in [2.75, 3.05) is 0 Å². The lowest BCUT2D eigenvalue weighted by Gasteiger charge is -1.99. The van der Waals surface area contributed by atoms with E-state index in [1.807, 2.05) is 41.9 Å². The molecular formula is C11H8N4S. The summed E-state index contributed by atoms with van der Waals surface area (Å²) in [5.74, 6) is 0. The van der Waals surface area contributed by atoms with E-state index < -0.39 is 0 Å². The highest BCUT2D eigenvalue weighted by molar-refractivity contribution is 7.03. The molecule has 2 aromatic heterocycles. The molecule has 0 saturated carbocycles. The number of hydrogen-bond acceptors (Lipinski definition) is 4. The van der Waals surface area contributed by atoms with E-state index in [0.717, 1.165) is 22.5 Å². The fourth-order valence-electron chi connectivity index (χ4n) is 1.59. The Bertz CT molecular complexity index is 571. The summed E-state index contributed by atoms with van der Waals surface area (Å²) in [7, 11) is 0. The molecule has 0 spiro atoms. The van der Waals surface area contributed by atoms with E-state index in [2.05, 4.69) is 19.8 Å². The van der Waals surface area contributed by atoms with Crippen LogP contribution < -0.4 is 0 Å². The molecule has 0 unspecified atom stereocenters. The summed E-state index contributed by atoms with van der Waals surface area (Å²) in [4.78, 5) is 0. The third kappa shape index (κ3) is 1.51. The van der Waals surface area contributed by atoms with Crippen LogP contribution in [-0.2, 0) is 0 Å². The lowest BCUT2D eigenvalue weighted by Crippen LogP contribution is -1.82. The lowest BCUT2D eigenvalue weighted by molar-refractivity contribution is 1.07. The maximum Gasteiger partial charge on any atom is 0.124 e. The third-order valence-corrected chi connectivity index (χ3v) is 2.84. The summed E-state index contributed by atoms with van der Waals surface area (Å²) < 4.78 is 3.86. The molecule has 78 valence electrons. The van der Waals surface area contributed by atoms with Crippen LogP contribution in [-0.4, -0.2) is 19.8 Å². The van der Waals surface area contributed by atoms with Gasteiger partial charge in [-0.2, -0.15) is 5.10 Å². The van der Waals surface area contributed by atoms with Crippen molar-refractivity contribution in [3.63, 3.8) is 0 Å². The number of aromatic nitrogens is 4. The van der Waals surface area contributed by atoms with E-state index in [1.165, 1.54) is 11.5 Å². The Kier molecular flexibility index (Phi) is 2.23. The van der Waals surface area contributed by atoms with Crippen LogP contribution in [0.5, 0.6) is 0 Å². The molecule has 4 nitrogen and oxygen atoms in total. The van der Waals surface area contributed by atoms with Crippen molar-refractivity contribution in [3.8, 4) is 22.5 Å². The Morgan fingerprint density at radius 1 is 1.12 bits per heavy atom. The lowest BCUT2D eigenvalue weighted by atomic mass is 10.1. The largest absolute Gasteiger partial charge is 0.275 e. The average Bonchev–Trinajstić information content (AvgIpc) is 3.01. The SMILES string of the molecule is c1ccc(-c2cn[nH]c2-c2csnn2)cc1. The highest BCUT2D eigenvalue weighted by Gasteiger charge is 2.11. The minimum atomic E-state index is 0.835. The summed E-state index contributed by atoms with van der Waals surface area (Å²) in [6, 6.07) is 10.1. The van der Waals surface area contributed by atoms with Crippen LogP contribution in [0.1, 0.15) is 0 Å². The Morgan fingerprint density at radius 3 is 2.75 bits per heavy atom. The molecule has 0 aliphatic rings. The summed E-state index contributed by atoms with van der Waals surface area (Å²) >= 11 is 1.33. The molecule has 2 heterocycles. The maximum atomic E-state index is 4.07. The number of nitrogens with one attached hydrogen (secondary N) is 1. The highest BCUT2D eigenvalue weighted by atomic mass is 32.1. The van der Waals surface area contributed by atoms with Crippen molar-refractivity contribution in [3.05, 3.63) is 41.9 Å². The number of nitrogens with zero attached hydrogens (tertiary/aromatic N) is 3. The zero-order chi connectivity index (χ0) is 10.8. The van der Waals surface area contributed by atoms with E-state index in [0.29, 0.717) is 0 Å². The van der Waals surface area contributed by atoms with Crippen molar-refractivity contribution in [2.24, 2.45) is 0 Å². The van der Waals surface area contributed by atoms with Crippen LogP contribution in [0, 0.1) is 0 Å². The first kappa shape index (κ1) is 9.23. The number of hydrogen-bond donors (Lipinski definition) is 1. The Hall–Kier alpha value is -2.01. The zero-order valence-corrected chi connectivity index (χ0v) is 9.11. The monoisotopic (exact) mass is 228 g/mol. The first-order valence-electron chi connectivity index (χ1n) is 4.81. The minimum Gasteiger partial charge on any atom is -0.275 e. The molecule has 0 amide bonds. The van der Waals surface area contributed by atoms with Gasteiger partial charge in [0.25, 0.3) is 0 Å². The highest BCUT2D eigenvalue weighted by Crippen LogP contribution is 2.28. The number of benzene rings is 1. The Labute approximate surface area is 96.1 Å². The molecule has 16 heavy (non-hydrogen) atoms. The molecule has 0 aliphatic carbocycles. The van der Waals surface area contributed by atoms with Gasteiger partial charge in [-0.05, 0) is 17.1 Å². The predicted octanol–water partition coefficient (Wildman–Crippen LogP) is 2.60. The van der Waals surface area contributed by atoms with Crippen LogP contribution in [0.25, 0.3) is 22.5 Å². The average molecular weight is 228 g/mol. The summed E-state index contributed by atoms with van der Waals surface area (Å²) in [6.45, 7) is 0. The topological polar surface area (TPSA) is 54.5 Å². The van der Waals surface area contributed by atoms with Crippen LogP contribution in [0.4, 0.5) is 0 Å². The first-order valence-corrected chi connectivity index (χ1v) is 5.65. The van der Waals surface area contributed by atoms with Gasteiger partial charge in [0.05, 0.1) is 11.9 Å². The standard InChI is InChI=1S/C11H8N4S/c1-2-4-8(5-3-1)9-6-12-14-11(9)10-7-16-15-13-10/h1-7H,(H,12,14). The molecule has 0 bridgehead atoms. The zero-order valence-electron chi connectivity index (χ0n) is 8.29. The molecular weight excluding hydrogens is 220 g/mol. The molecule has 3 aromatic rings. The summed E-state index contributed by atoms with van der Waals surface area (Å²) in [5.41, 5.74) is 3.92. The molecule has 1 aromatic carbocycles. The molecule has 0 aliphatic heterocycles. The van der Waals surface area contributed by atoms with E-state index in [1.54, 1.807) is 0 Å².